The fourth-order valence-electron chi connectivity index (χ4n) is 12.0. The van der Waals surface area contributed by atoms with Gasteiger partial charge in [-0.2, -0.15) is 0 Å². The summed E-state index contributed by atoms with van der Waals surface area (Å²) in [7, 11) is 4.87. The van der Waals surface area contributed by atoms with E-state index in [0.717, 1.165) is 42.6 Å². The molecule has 1 amide bonds. The molecular weight excluding hydrogens is 911 g/mol. The molecule has 1 aromatic heterocycles. The van der Waals surface area contributed by atoms with E-state index in [-0.39, 0.29) is 61.0 Å². The summed E-state index contributed by atoms with van der Waals surface area (Å²) in [6.07, 6.45) is 12.0. The van der Waals surface area contributed by atoms with Crippen molar-refractivity contribution in [1.29, 1.82) is 0 Å². The van der Waals surface area contributed by atoms with Crippen LogP contribution >= 0.6 is 0 Å². The van der Waals surface area contributed by atoms with Gasteiger partial charge in [-0.05, 0) is 138 Å². The summed E-state index contributed by atoms with van der Waals surface area (Å²) in [6, 6.07) is 18.1. The molecule has 3 aliphatic heterocycles. The predicted octanol–water partition coefficient (Wildman–Crippen LogP) is 9.79. The molecule has 13 nitrogen and oxygen atoms in total. The number of esters is 1. The Kier molecular flexibility index (Phi) is 18.9. The monoisotopic (exact) mass is 992 g/mol. The maximum atomic E-state index is 14.6. The fraction of sp³-hybridized carbons (Fsp3) is 0.593. The predicted molar refractivity (Wildman–Crippen MR) is 280 cm³/mol. The summed E-state index contributed by atoms with van der Waals surface area (Å²) < 4.78 is 33.2. The van der Waals surface area contributed by atoms with Crippen LogP contribution in [0.25, 0.3) is 10.9 Å². The van der Waals surface area contributed by atoms with Gasteiger partial charge in [0.05, 0.1) is 24.4 Å². The molecule has 7 rings (SSSR count). The van der Waals surface area contributed by atoms with Crippen LogP contribution in [-0.2, 0) is 49.4 Å². The Morgan fingerprint density at radius 1 is 0.903 bits per heavy atom. The lowest BCUT2D eigenvalue weighted by Crippen LogP contribution is -2.64. The minimum atomic E-state index is -2.48. The lowest BCUT2D eigenvalue weighted by atomic mass is 9.81. The van der Waals surface area contributed by atoms with Gasteiger partial charge in [-0.3, -0.25) is 14.4 Å². The van der Waals surface area contributed by atoms with Gasteiger partial charge in [0.25, 0.3) is 11.7 Å². The topological polar surface area (TPSA) is 155 Å². The molecule has 72 heavy (non-hydrogen) atoms. The molecule has 392 valence electrons. The number of amides is 1. The number of rotatable bonds is 11. The first-order chi connectivity index (χ1) is 34.6. The van der Waals surface area contributed by atoms with Crippen molar-refractivity contribution in [2.75, 3.05) is 33.2 Å². The maximum Gasteiger partial charge on any atom is 0.329 e. The van der Waals surface area contributed by atoms with E-state index in [1.54, 1.807) is 34.3 Å². The number of carbonyl (C=O) groups is 4. The number of methoxy groups -OCH3 is 3. The molecule has 13 atom stereocenters. The Morgan fingerprint density at radius 3 is 2.36 bits per heavy atom. The summed E-state index contributed by atoms with van der Waals surface area (Å²) in [5.41, 5.74) is 5.37. The third-order valence-electron chi connectivity index (χ3n) is 16.1. The third kappa shape index (κ3) is 12.9. The lowest BCUT2D eigenvalue weighted by molar-refractivity contribution is -0.302. The Labute approximate surface area is 427 Å². The van der Waals surface area contributed by atoms with Gasteiger partial charge in [-0.25, -0.2) is 4.79 Å². The largest absolute Gasteiger partial charge is 0.456 e. The second kappa shape index (κ2) is 24.9. The minimum absolute atomic E-state index is 0.0588. The van der Waals surface area contributed by atoms with Crippen molar-refractivity contribution < 1.29 is 48.0 Å². The van der Waals surface area contributed by atoms with Gasteiger partial charge in [0, 0.05) is 75.5 Å². The summed E-state index contributed by atoms with van der Waals surface area (Å²) in [6.45, 7) is 14.7. The number of piperidine rings is 1. The highest BCUT2D eigenvalue weighted by Crippen LogP contribution is 2.40. The molecule has 3 fully saturated rings. The Balaban J connectivity index is 1.13. The molecule has 1 saturated carbocycles. The number of ketones is 2. The van der Waals surface area contributed by atoms with Gasteiger partial charge in [0.15, 0.2) is 0 Å². The maximum absolute atomic E-state index is 14.6. The van der Waals surface area contributed by atoms with Crippen molar-refractivity contribution in [2.45, 2.75) is 167 Å². The van der Waals surface area contributed by atoms with Crippen molar-refractivity contribution in [3.63, 3.8) is 0 Å². The minimum Gasteiger partial charge on any atom is -0.456 e. The first kappa shape index (κ1) is 54.8. The van der Waals surface area contributed by atoms with E-state index in [4.69, 9.17) is 23.7 Å². The molecule has 2 N–H and O–H groups in total. The second-order valence-electron chi connectivity index (χ2n) is 21.5. The van der Waals surface area contributed by atoms with Crippen LogP contribution in [0.4, 0.5) is 5.69 Å². The quantitative estimate of drug-likeness (QED) is 0.107. The number of hydrogen-bond donors (Lipinski definition) is 2. The molecular formula is C59H81N3O10. The van der Waals surface area contributed by atoms with E-state index in [2.05, 4.69) is 90.3 Å². The van der Waals surface area contributed by atoms with Gasteiger partial charge >= 0.3 is 5.97 Å². The van der Waals surface area contributed by atoms with Gasteiger partial charge in [-0.15, -0.1) is 6.58 Å². The number of carbonyl (C=O) groups excluding carboxylic acids is 4. The average molecular weight is 992 g/mol. The summed E-state index contributed by atoms with van der Waals surface area (Å²) >= 11 is 0. The number of aliphatic hydroxyl groups is 1. The second-order valence-corrected chi connectivity index (χ2v) is 21.5. The number of benzene rings is 2. The van der Waals surface area contributed by atoms with Crippen LogP contribution in [0.1, 0.15) is 117 Å². The molecule has 0 spiro atoms. The number of Topliss-reactive ketones (excluding diaryl/α,β-unsaturated/α-hetero) is 2. The van der Waals surface area contributed by atoms with Crippen LogP contribution in [-0.4, -0.2) is 114 Å². The van der Waals surface area contributed by atoms with Crippen LogP contribution < -0.4 is 5.32 Å². The molecule has 3 aromatic rings. The number of cyclic esters (lactones) is 1. The van der Waals surface area contributed by atoms with Crippen molar-refractivity contribution in [3.8, 4) is 0 Å². The highest BCUT2D eigenvalue weighted by atomic mass is 16.7. The van der Waals surface area contributed by atoms with Crippen molar-refractivity contribution in [2.24, 2.45) is 29.6 Å². The van der Waals surface area contributed by atoms with Crippen LogP contribution in [0.2, 0.25) is 0 Å². The Morgan fingerprint density at radius 2 is 1.64 bits per heavy atom. The summed E-state index contributed by atoms with van der Waals surface area (Å²) in [4.78, 5) is 58.9. The Bertz CT molecular complexity index is 2410. The Hall–Kier alpha value is -4.92. The number of anilines is 1. The van der Waals surface area contributed by atoms with Crippen LogP contribution in [0.3, 0.4) is 0 Å². The highest BCUT2D eigenvalue weighted by Gasteiger charge is 2.56. The standard InChI is InChI=1S/C59H81N3O10/c1-10-16-45-30-37(2)29-38(3)31-52(69-8)55-53(70-9)33-41(6)59(67,72-55)56(64)57(65)62-27-15-14-19-49(62)58(66)71-54(39(4)20-25-50(45)63)40(5)32-43-21-23-47(51(34-43)68-7)60-46-22-24-48-44(35-46)26-28-61(48)36-42-17-12-11-13-18-42/h10-13,17-18,22,24,26,28,30,32,35,38-39,41,43,45,47,49,51-55,60,67H,1,14-16,19-21,23,25,27,29,31,33-34,36H2,2-9H3/b37-30+,40-32?. The van der Waals surface area contributed by atoms with Gasteiger partial charge in [0.1, 0.15) is 24.0 Å². The van der Waals surface area contributed by atoms with Crippen LogP contribution in [0, 0.1) is 29.6 Å². The summed E-state index contributed by atoms with van der Waals surface area (Å²) in [5, 5.41) is 17.1. The third-order valence-corrected chi connectivity index (χ3v) is 16.1. The molecule has 2 aromatic carbocycles. The van der Waals surface area contributed by atoms with Crippen molar-refractivity contribution in [3.05, 3.63) is 102 Å². The summed E-state index contributed by atoms with van der Waals surface area (Å²) in [5.74, 6) is -6.38. The van der Waals surface area contributed by atoms with E-state index in [0.29, 0.717) is 44.9 Å². The fourth-order valence-corrected chi connectivity index (χ4v) is 12.0. The average Bonchev–Trinajstić information content (AvgIpc) is 3.77. The molecule has 13 heteroatoms. The zero-order valence-corrected chi connectivity index (χ0v) is 44.1. The molecule has 13 unspecified atom stereocenters. The van der Waals surface area contributed by atoms with Gasteiger partial charge in [0.2, 0.25) is 5.79 Å². The van der Waals surface area contributed by atoms with Crippen molar-refractivity contribution in [1.82, 2.24) is 9.47 Å². The van der Waals surface area contributed by atoms with Crippen LogP contribution in [0.15, 0.2) is 96.7 Å². The zero-order chi connectivity index (χ0) is 51.7. The highest BCUT2D eigenvalue weighted by molar-refractivity contribution is 6.39. The number of allylic oxidation sites excluding steroid dienone is 4. The smallest absolute Gasteiger partial charge is 0.329 e. The van der Waals surface area contributed by atoms with E-state index >= 15 is 0 Å². The SMILES string of the molecule is C=CCC1/C=C(\C)CC(C)CC(OC)C2OC(O)(C(=O)C(=O)N3CCCCC3C(=O)OC(C(C)=CC3CCC(Nc4ccc5c(ccn5Cc5ccccc5)c4)C(OC)C3)C(C)CCC1=O)C(C)CC2OC. The molecule has 2 bridgehead atoms. The molecule has 0 radical (unpaired) electrons. The number of hydrogen-bond acceptors (Lipinski definition) is 11. The molecule has 4 heterocycles. The van der Waals surface area contributed by atoms with Crippen LogP contribution in [0.5, 0.6) is 0 Å². The molecule has 1 aliphatic carbocycles. The first-order valence-electron chi connectivity index (χ1n) is 26.5. The number of ether oxygens (including phenoxy) is 5. The van der Waals surface area contributed by atoms with Gasteiger partial charge in [-0.1, -0.05) is 74.9 Å². The number of nitrogens with zero attached hydrogens (tertiary/aromatic N) is 2. The molecule has 2 saturated heterocycles. The van der Waals surface area contributed by atoms with E-state index in [9.17, 15) is 24.3 Å². The number of nitrogens with one attached hydrogen (secondary N) is 1. The molecule has 4 aliphatic rings. The van der Waals surface area contributed by atoms with Crippen molar-refractivity contribution >= 4 is 40.0 Å². The normalized spacial score (nSPS) is 33.8. The number of fused-ring (bicyclic) bond motifs is 4. The lowest BCUT2D eigenvalue weighted by Gasteiger charge is -2.47. The zero-order valence-electron chi connectivity index (χ0n) is 44.1. The van der Waals surface area contributed by atoms with E-state index in [1.165, 1.54) is 21.4 Å². The van der Waals surface area contributed by atoms with Gasteiger partial charge < -0.3 is 43.6 Å². The van der Waals surface area contributed by atoms with E-state index in [1.807, 2.05) is 26.8 Å². The van der Waals surface area contributed by atoms with E-state index < -0.39 is 59.8 Å². The number of aromatic nitrogens is 1. The first-order valence-corrected chi connectivity index (χ1v) is 26.5.